The van der Waals surface area contributed by atoms with Gasteiger partial charge in [0.05, 0.1) is 4.90 Å². The van der Waals surface area contributed by atoms with Crippen molar-refractivity contribution in [3.63, 3.8) is 0 Å². The van der Waals surface area contributed by atoms with E-state index in [1.165, 1.54) is 0 Å². The Hall–Kier alpha value is -2.12. The van der Waals surface area contributed by atoms with Crippen LogP contribution in [-0.2, 0) is 14.8 Å². The van der Waals surface area contributed by atoms with Crippen LogP contribution < -0.4 is 4.72 Å². The lowest BCUT2D eigenvalue weighted by Gasteiger charge is -2.24. The molecule has 0 saturated carbocycles. The molecule has 3 rings (SSSR count). The zero-order valence-corrected chi connectivity index (χ0v) is 16.0. The number of carbonyl (C=O) groups excluding carboxylic acids is 1. The van der Waals surface area contributed by atoms with Crippen molar-refractivity contribution >= 4 is 26.9 Å². The molecule has 1 fully saturated rings. The predicted octanol–water partition coefficient (Wildman–Crippen LogP) is 3.13. The van der Waals surface area contributed by atoms with Crippen molar-refractivity contribution in [1.29, 1.82) is 0 Å². The van der Waals surface area contributed by atoms with Crippen LogP contribution in [-0.4, -0.2) is 44.1 Å². The fraction of sp³-hybridized carbons (Fsp3) is 0.421. The second kappa shape index (κ2) is 6.89. The van der Waals surface area contributed by atoms with Gasteiger partial charge in [0, 0.05) is 19.1 Å². The van der Waals surface area contributed by atoms with E-state index < -0.39 is 21.7 Å². The van der Waals surface area contributed by atoms with Crippen LogP contribution in [0.25, 0.3) is 10.8 Å². The predicted molar refractivity (Wildman–Crippen MR) is 100 cm³/mol. The molecule has 1 heterocycles. The molecule has 1 aliphatic rings. The maximum Gasteiger partial charge on any atom is 0.410 e. The molecular formula is C19H24N2O4S. The van der Waals surface area contributed by atoms with Crippen LogP contribution in [0.2, 0.25) is 0 Å². The molecule has 1 amide bonds. The summed E-state index contributed by atoms with van der Waals surface area (Å²) in [4.78, 5) is 13.9. The first kappa shape index (κ1) is 18.7. The molecule has 1 aliphatic heterocycles. The smallest absolute Gasteiger partial charge is 0.410 e. The van der Waals surface area contributed by atoms with E-state index in [9.17, 15) is 13.2 Å². The minimum absolute atomic E-state index is 0.229. The van der Waals surface area contributed by atoms with E-state index in [0.29, 0.717) is 19.5 Å². The molecule has 1 N–H and O–H groups in total. The first-order valence-corrected chi connectivity index (χ1v) is 10.1. The van der Waals surface area contributed by atoms with Gasteiger partial charge in [-0.3, -0.25) is 0 Å². The lowest BCUT2D eigenvalue weighted by Crippen LogP contribution is -2.40. The molecule has 0 bridgehead atoms. The van der Waals surface area contributed by atoms with E-state index in [2.05, 4.69) is 4.72 Å². The monoisotopic (exact) mass is 376 g/mol. The number of amides is 1. The summed E-state index contributed by atoms with van der Waals surface area (Å²) in [6, 6.07) is 12.4. The van der Waals surface area contributed by atoms with E-state index in [1.54, 1.807) is 43.9 Å². The highest BCUT2D eigenvalue weighted by atomic mass is 32.2. The van der Waals surface area contributed by atoms with Crippen LogP contribution in [0.5, 0.6) is 0 Å². The summed E-state index contributed by atoms with van der Waals surface area (Å²) in [5.41, 5.74) is -0.570. The Kier molecular flexibility index (Phi) is 4.94. The summed E-state index contributed by atoms with van der Waals surface area (Å²) >= 11 is 0. The zero-order chi connectivity index (χ0) is 18.9. The Morgan fingerprint density at radius 3 is 2.54 bits per heavy atom. The molecular weight excluding hydrogens is 352 g/mol. The van der Waals surface area contributed by atoms with Crippen molar-refractivity contribution in [2.45, 2.75) is 43.7 Å². The third kappa shape index (κ3) is 4.34. The first-order chi connectivity index (χ1) is 12.1. The van der Waals surface area contributed by atoms with E-state index >= 15 is 0 Å². The highest BCUT2D eigenvalue weighted by Gasteiger charge is 2.32. The molecule has 140 valence electrons. The molecule has 1 atom stereocenters. The van der Waals surface area contributed by atoms with E-state index in [1.807, 2.05) is 24.3 Å². The summed E-state index contributed by atoms with van der Waals surface area (Å²) < 4.78 is 33.4. The highest BCUT2D eigenvalue weighted by Crippen LogP contribution is 2.21. The molecule has 1 unspecified atom stereocenters. The van der Waals surface area contributed by atoms with Gasteiger partial charge in [-0.1, -0.05) is 30.3 Å². The number of carbonyl (C=O) groups is 1. The standard InChI is InChI=1S/C19H24N2O4S/c1-19(2,3)25-18(22)21-11-10-16(13-21)20-26(23,24)17-9-8-14-6-4-5-7-15(14)12-17/h4-9,12,16,20H,10-11,13H2,1-3H3. The fourth-order valence-electron chi connectivity index (χ4n) is 2.97. The van der Waals surface area contributed by atoms with Crippen molar-refractivity contribution in [3.8, 4) is 0 Å². The lowest BCUT2D eigenvalue weighted by molar-refractivity contribution is 0.0292. The van der Waals surface area contributed by atoms with Gasteiger partial charge in [-0.25, -0.2) is 17.9 Å². The van der Waals surface area contributed by atoms with Gasteiger partial charge in [0.25, 0.3) is 0 Å². The number of fused-ring (bicyclic) bond motifs is 1. The van der Waals surface area contributed by atoms with Crippen LogP contribution in [0.15, 0.2) is 47.4 Å². The van der Waals surface area contributed by atoms with Gasteiger partial charge in [-0.05, 0) is 50.1 Å². The Labute approximate surface area is 154 Å². The quantitative estimate of drug-likeness (QED) is 0.893. The van der Waals surface area contributed by atoms with Crippen molar-refractivity contribution < 1.29 is 17.9 Å². The minimum Gasteiger partial charge on any atom is -0.444 e. The number of hydrogen-bond donors (Lipinski definition) is 1. The molecule has 0 spiro atoms. The van der Waals surface area contributed by atoms with Crippen molar-refractivity contribution in [1.82, 2.24) is 9.62 Å². The molecule has 6 nitrogen and oxygen atoms in total. The number of ether oxygens (including phenoxy) is 1. The molecule has 2 aromatic carbocycles. The average Bonchev–Trinajstić information content (AvgIpc) is 3.01. The second-order valence-corrected chi connectivity index (χ2v) is 9.26. The Balaban J connectivity index is 1.69. The van der Waals surface area contributed by atoms with Crippen molar-refractivity contribution in [3.05, 3.63) is 42.5 Å². The second-order valence-electron chi connectivity index (χ2n) is 7.54. The summed E-state index contributed by atoms with van der Waals surface area (Å²) in [6.45, 7) is 6.20. The Morgan fingerprint density at radius 1 is 1.15 bits per heavy atom. The normalized spacial score (nSPS) is 18.3. The number of rotatable bonds is 3. The number of sulfonamides is 1. The van der Waals surface area contributed by atoms with E-state index in [4.69, 9.17) is 4.74 Å². The number of hydrogen-bond acceptors (Lipinski definition) is 4. The molecule has 26 heavy (non-hydrogen) atoms. The van der Waals surface area contributed by atoms with Gasteiger partial charge in [0.1, 0.15) is 5.60 Å². The maximum absolute atomic E-state index is 12.7. The largest absolute Gasteiger partial charge is 0.444 e. The summed E-state index contributed by atoms with van der Waals surface area (Å²) in [5.74, 6) is 0. The van der Waals surface area contributed by atoms with Crippen LogP contribution in [0.4, 0.5) is 4.79 Å². The highest BCUT2D eigenvalue weighted by molar-refractivity contribution is 7.89. The van der Waals surface area contributed by atoms with Crippen LogP contribution >= 0.6 is 0 Å². The summed E-state index contributed by atoms with van der Waals surface area (Å²) in [7, 11) is -3.65. The molecule has 0 radical (unpaired) electrons. The number of benzene rings is 2. The van der Waals surface area contributed by atoms with E-state index in [0.717, 1.165) is 10.8 Å². The Bertz CT molecular complexity index is 919. The third-order valence-electron chi connectivity index (χ3n) is 4.19. The number of nitrogens with zero attached hydrogens (tertiary/aromatic N) is 1. The van der Waals surface area contributed by atoms with Gasteiger partial charge >= 0.3 is 6.09 Å². The molecule has 0 aliphatic carbocycles. The summed E-state index contributed by atoms with van der Waals surface area (Å²) in [5, 5.41) is 1.86. The van der Waals surface area contributed by atoms with Gasteiger partial charge in [0.2, 0.25) is 10.0 Å². The average molecular weight is 376 g/mol. The van der Waals surface area contributed by atoms with Gasteiger partial charge < -0.3 is 9.64 Å². The van der Waals surface area contributed by atoms with Crippen LogP contribution in [0.1, 0.15) is 27.2 Å². The van der Waals surface area contributed by atoms with Gasteiger partial charge in [-0.15, -0.1) is 0 Å². The van der Waals surface area contributed by atoms with Gasteiger partial charge in [-0.2, -0.15) is 0 Å². The van der Waals surface area contributed by atoms with Gasteiger partial charge in [0.15, 0.2) is 0 Å². The molecule has 1 saturated heterocycles. The van der Waals surface area contributed by atoms with Crippen LogP contribution in [0, 0.1) is 0 Å². The van der Waals surface area contributed by atoms with Crippen LogP contribution in [0.3, 0.4) is 0 Å². The minimum atomic E-state index is -3.65. The first-order valence-electron chi connectivity index (χ1n) is 8.63. The maximum atomic E-state index is 12.7. The Morgan fingerprint density at radius 2 is 1.85 bits per heavy atom. The third-order valence-corrected chi connectivity index (χ3v) is 5.71. The topological polar surface area (TPSA) is 75.7 Å². The fourth-order valence-corrected chi connectivity index (χ4v) is 4.27. The lowest BCUT2D eigenvalue weighted by atomic mass is 10.1. The molecule has 7 heteroatoms. The van der Waals surface area contributed by atoms with E-state index in [-0.39, 0.29) is 10.9 Å². The number of likely N-dealkylation sites (tertiary alicyclic amines) is 1. The van der Waals surface area contributed by atoms with Crippen molar-refractivity contribution in [2.24, 2.45) is 0 Å². The summed E-state index contributed by atoms with van der Waals surface area (Å²) in [6.07, 6.45) is 0.149. The number of nitrogens with one attached hydrogen (secondary N) is 1. The van der Waals surface area contributed by atoms with Crippen molar-refractivity contribution in [2.75, 3.05) is 13.1 Å². The SMILES string of the molecule is CC(C)(C)OC(=O)N1CCC(NS(=O)(=O)c2ccc3ccccc3c2)C1. The zero-order valence-electron chi connectivity index (χ0n) is 15.2. The molecule has 2 aromatic rings. The molecule has 0 aromatic heterocycles.